The Morgan fingerprint density at radius 1 is 1.17 bits per heavy atom. The summed E-state index contributed by atoms with van der Waals surface area (Å²) in [7, 11) is 0. The fourth-order valence-corrected chi connectivity index (χ4v) is 1.97. The Labute approximate surface area is 73.6 Å². The zero-order valence-electron chi connectivity index (χ0n) is 7.62. The zero-order valence-corrected chi connectivity index (χ0v) is 7.62. The highest BCUT2D eigenvalue weighted by Crippen LogP contribution is 2.57. The average Bonchev–Trinajstić information content (AvgIpc) is 2.53. The average molecular weight is 161 g/mol. The fraction of sp³-hybridized carbons (Fsp3) is 0.455. The van der Waals surface area contributed by atoms with Crippen molar-refractivity contribution in [3.63, 3.8) is 0 Å². The molecule has 0 aliphatic heterocycles. The van der Waals surface area contributed by atoms with Crippen LogP contribution in [0.15, 0.2) is 30.3 Å². The van der Waals surface area contributed by atoms with Gasteiger partial charge in [-0.15, -0.1) is 0 Å². The van der Waals surface area contributed by atoms with Crippen LogP contribution in [0.1, 0.15) is 25.3 Å². The zero-order chi connectivity index (χ0) is 8.77. The van der Waals surface area contributed by atoms with Crippen LogP contribution in [0.2, 0.25) is 0 Å². The van der Waals surface area contributed by atoms with Gasteiger partial charge in [0.25, 0.3) is 0 Å². The molecule has 1 aliphatic rings. The summed E-state index contributed by atoms with van der Waals surface area (Å²) in [4.78, 5) is 0. The lowest BCUT2D eigenvalue weighted by Crippen LogP contribution is -2.06. The van der Waals surface area contributed by atoms with Crippen molar-refractivity contribution in [2.24, 2.45) is 11.1 Å². The molecule has 0 amide bonds. The first kappa shape index (κ1) is 7.81. The first-order valence-corrected chi connectivity index (χ1v) is 4.44. The Balaban J connectivity index is 2.25. The predicted molar refractivity (Wildman–Crippen MR) is 50.9 cm³/mol. The second kappa shape index (κ2) is 2.33. The lowest BCUT2D eigenvalue weighted by Gasteiger charge is -2.01. The fourth-order valence-electron chi connectivity index (χ4n) is 1.97. The van der Waals surface area contributed by atoms with Gasteiger partial charge in [-0.05, 0) is 11.0 Å². The second-order valence-electron chi connectivity index (χ2n) is 4.24. The van der Waals surface area contributed by atoms with Crippen LogP contribution in [0, 0.1) is 5.41 Å². The first-order valence-electron chi connectivity index (χ1n) is 4.44. The maximum Gasteiger partial charge on any atom is 0.0172 e. The van der Waals surface area contributed by atoms with Gasteiger partial charge in [0.1, 0.15) is 0 Å². The number of benzene rings is 1. The highest BCUT2D eigenvalue weighted by atomic mass is 14.8. The molecule has 0 bridgehead atoms. The summed E-state index contributed by atoms with van der Waals surface area (Å²) in [6.45, 7) is 4.46. The van der Waals surface area contributed by atoms with E-state index in [2.05, 4.69) is 38.1 Å². The minimum absolute atomic E-state index is 0.307. The van der Waals surface area contributed by atoms with E-state index in [0.717, 1.165) is 0 Å². The van der Waals surface area contributed by atoms with E-state index in [1.807, 2.05) is 6.07 Å². The van der Waals surface area contributed by atoms with Gasteiger partial charge in [-0.2, -0.15) is 0 Å². The van der Waals surface area contributed by atoms with Crippen molar-refractivity contribution in [3.05, 3.63) is 35.9 Å². The lowest BCUT2D eigenvalue weighted by atomic mass is 10.0. The smallest absolute Gasteiger partial charge is 0.0172 e. The first-order chi connectivity index (χ1) is 5.64. The van der Waals surface area contributed by atoms with E-state index >= 15 is 0 Å². The third-order valence-corrected chi connectivity index (χ3v) is 3.07. The Hall–Kier alpha value is -0.820. The molecule has 2 N–H and O–H groups in total. The van der Waals surface area contributed by atoms with Gasteiger partial charge < -0.3 is 5.73 Å². The maximum absolute atomic E-state index is 5.98. The summed E-state index contributed by atoms with van der Waals surface area (Å²) in [5, 5.41) is 0. The predicted octanol–water partition coefficient (Wildman–Crippen LogP) is 2.14. The lowest BCUT2D eigenvalue weighted by molar-refractivity contribution is 0.599. The van der Waals surface area contributed by atoms with Crippen LogP contribution < -0.4 is 5.73 Å². The Kier molecular flexibility index (Phi) is 1.52. The SMILES string of the molecule is CC1(C)[C@H](c2ccccc2)[C@@H]1N. The number of hydrogen-bond acceptors (Lipinski definition) is 1. The van der Waals surface area contributed by atoms with Gasteiger partial charge in [0.15, 0.2) is 0 Å². The Bertz CT molecular complexity index is 276. The minimum atomic E-state index is 0.307. The molecule has 1 fully saturated rings. The summed E-state index contributed by atoms with van der Waals surface area (Å²) >= 11 is 0. The summed E-state index contributed by atoms with van der Waals surface area (Å²) in [5.74, 6) is 0.568. The summed E-state index contributed by atoms with van der Waals surface area (Å²) in [6.07, 6.45) is 0. The van der Waals surface area contributed by atoms with Crippen molar-refractivity contribution >= 4 is 0 Å². The molecule has 1 saturated carbocycles. The summed E-state index contributed by atoms with van der Waals surface area (Å²) < 4.78 is 0. The van der Waals surface area contributed by atoms with Crippen LogP contribution in [0.4, 0.5) is 0 Å². The molecule has 12 heavy (non-hydrogen) atoms. The van der Waals surface area contributed by atoms with Gasteiger partial charge in [-0.25, -0.2) is 0 Å². The Morgan fingerprint density at radius 3 is 2.08 bits per heavy atom. The van der Waals surface area contributed by atoms with E-state index in [4.69, 9.17) is 5.73 Å². The van der Waals surface area contributed by atoms with E-state index in [1.165, 1.54) is 5.56 Å². The Morgan fingerprint density at radius 2 is 1.67 bits per heavy atom. The summed E-state index contributed by atoms with van der Waals surface area (Å²) in [5.41, 5.74) is 7.67. The molecule has 0 spiro atoms. The van der Waals surface area contributed by atoms with Crippen molar-refractivity contribution in [1.82, 2.24) is 0 Å². The molecule has 0 heterocycles. The van der Waals surface area contributed by atoms with Crippen molar-refractivity contribution < 1.29 is 0 Å². The van der Waals surface area contributed by atoms with E-state index in [0.29, 0.717) is 17.4 Å². The van der Waals surface area contributed by atoms with E-state index in [1.54, 1.807) is 0 Å². The van der Waals surface area contributed by atoms with Crippen molar-refractivity contribution in [1.29, 1.82) is 0 Å². The van der Waals surface area contributed by atoms with Gasteiger partial charge >= 0.3 is 0 Å². The van der Waals surface area contributed by atoms with Crippen LogP contribution >= 0.6 is 0 Å². The van der Waals surface area contributed by atoms with Gasteiger partial charge in [-0.3, -0.25) is 0 Å². The van der Waals surface area contributed by atoms with E-state index in [9.17, 15) is 0 Å². The van der Waals surface area contributed by atoms with Gasteiger partial charge in [0, 0.05) is 12.0 Å². The normalized spacial score (nSPS) is 31.6. The van der Waals surface area contributed by atoms with Crippen LogP contribution in [0.3, 0.4) is 0 Å². The van der Waals surface area contributed by atoms with E-state index in [-0.39, 0.29) is 0 Å². The molecule has 2 atom stereocenters. The van der Waals surface area contributed by atoms with Crippen molar-refractivity contribution in [3.8, 4) is 0 Å². The molecule has 1 nitrogen and oxygen atoms in total. The molecule has 2 rings (SSSR count). The molecule has 0 aromatic heterocycles. The van der Waals surface area contributed by atoms with Crippen molar-refractivity contribution in [2.45, 2.75) is 25.8 Å². The molecular weight excluding hydrogens is 146 g/mol. The number of rotatable bonds is 1. The molecule has 1 aliphatic carbocycles. The minimum Gasteiger partial charge on any atom is -0.327 e. The summed E-state index contributed by atoms with van der Waals surface area (Å²) in [6, 6.07) is 10.9. The molecule has 0 radical (unpaired) electrons. The van der Waals surface area contributed by atoms with E-state index < -0.39 is 0 Å². The number of hydrogen-bond donors (Lipinski definition) is 1. The molecular formula is C11H15N. The number of nitrogens with two attached hydrogens (primary N) is 1. The molecule has 1 aromatic carbocycles. The van der Waals surface area contributed by atoms with Crippen LogP contribution in [0.25, 0.3) is 0 Å². The van der Waals surface area contributed by atoms with Crippen LogP contribution in [0.5, 0.6) is 0 Å². The van der Waals surface area contributed by atoms with Crippen LogP contribution in [-0.4, -0.2) is 6.04 Å². The monoisotopic (exact) mass is 161 g/mol. The maximum atomic E-state index is 5.98. The molecule has 64 valence electrons. The topological polar surface area (TPSA) is 26.0 Å². The quantitative estimate of drug-likeness (QED) is 0.671. The molecule has 0 unspecified atom stereocenters. The second-order valence-corrected chi connectivity index (χ2v) is 4.24. The standard InChI is InChI=1S/C11H15N/c1-11(2)9(10(11)12)8-6-4-3-5-7-8/h3-7,9-10H,12H2,1-2H3/t9-,10+/m1/s1. The third kappa shape index (κ3) is 0.969. The third-order valence-electron chi connectivity index (χ3n) is 3.07. The van der Waals surface area contributed by atoms with Gasteiger partial charge in [-0.1, -0.05) is 44.2 Å². The van der Waals surface area contributed by atoms with Gasteiger partial charge in [0.05, 0.1) is 0 Å². The molecule has 1 heteroatoms. The highest BCUT2D eigenvalue weighted by Gasteiger charge is 2.55. The van der Waals surface area contributed by atoms with Crippen molar-refractivity contribution in [2.75, 3.05) is 0 Å². The molecule has 1 aromatic rings. The largest absolute Gasteiger partial charge is 0.327 e. The molecule has 0 saturated heterocycles. The van der Waals surface area contributed by atoms with Gasteiger partial charge in [0.2, 0.25) is 0 Å². The highest BCUT2D eigenvalue weighted by molar-refractivity contribution is 5.33. The van der Waals surface area contributed by atoms with Crippen LogP contribution in [-0.2, 0) is 0 Å².